The maximum absolute atomic E-state index is 12.4. The number of carbonyl (C=O) groups is 3. The Hall–Kier alpha value is -3.30. The van der Waals surface area contributed by atoms with E-state index in [0.717, 1.165) is 16.7 Å². The van der Waals surface area contributed by atoms with Crippen LogP contribution >= 0.6 is 11.6 Å². The van der Waals surface area contributed by atoms with Crippen LogP contribution in [-0.4, -0.2) is 54.0 Å². The van der Waals surface area contributed by atoms with E-state index < -0.39 is 48.9 Å². The maximum atomic E-state index is 12.4. The molecule has 2 aromatic rings. The molecule has 2 unspecified atom stereocenters. The molecular formula is C27H34ClNO8. The molecule has 0 aliphatic rings. The summed E-state index contributed by atoms with van der Waals surface area (Å²) in [6.45, 7) is 7.75. The van der Waals surface area contributed by atoms with Crippen molar-refractivity contribution in [3.05, 3.63) is 59.1 Å². The zero-order chi connectivity index (χ0) is 27.6. The highest BCUT2D eigenvalue weighted by Crippen LogP contribution is 2.23. The van der Waals surface area contributed by atoms with Crippen LogP contribution in [0.1, 0.15) is 46.6 Å². The van der Waals surface area contributed by atoms with E-state index in [9.17, 15) is 19.5 Å². The van der Waals surface area contributed by atoms with E-state index in [0.29, 0.717) is 11.4 Å². The van der Waals surface area contributed by atoms with Gasteiger partial charge in [0.25, 0.3) is 0 Å². The highest BCUT2D eigenvalue weighted by Gasteiger charge is 2.26. The highest BCUT2D eigenvalue weighted by atomic mass is 35.5. The molecule has 0 aliphatic heterocycles. The number of amides is 1. The Bertz CT molecular complexity index is 1050. The lowest BCUT2D eigenvalue weighted by Crippen LogP contribution is -2.43. The molecule has 1 amide bonds. The topological polar surface area (TPSA) is 120 Å². The average Bonchev–Trinajstić information content (AvgIpc) is 2.77. The quantitative estimate of drug-likeness (QED) is 0.240. The first-order valence-corrected chi connectivity index (χ1v) is 12.2. The summed E-state index contributed by atoms with van der Waals surface area (Å²) in [5, 5.41) is 13.7. The zero-order valence-electron chi connectivity index (χ0n) is 21.7. The van der Waals surface area contributed by atoms with Gasteiger partial charge >= 0.3 is 18.2 Å². The molecule has 10 heteroatoms. The van der Waals surface area contributed by atoms with Gasteiger partial charge in [0.1, 0.15) is 5.60 Å². The van der Waals surface area contributed by atoms with Crippen LogP contribution in [0.2, 0.25) is 5.02 Å². The SMILES string of the molecule is CC(C)OC(=O)OCOC(=O)C(O)CC(Cc1ccc(-c2cccc(Cl)c2)cc1)NC(=O)OC(C)(C)C. The number of ether oxygens (including phenoxy) is 4. The lowest BCUT2D eigenvalue weighted by Gasteiger charge is -2.25. The van der Waals surface area contributed by atoms with Crippen LogP contribution in [0, 0.1) is 0 Å². The van der Waals surface area contributed by atoms with Crippen molar-refractivity contribution >= 4 is 29.8 Å². The minimum Gasteiger partial charge on any atom is -0.444 e. The summed E-state index contributed by atoms with van der Waals surface area (Å²) in [6.07, 6.45) is -3.53. The van der Waals surface area contributed by atoms with Crippen LogP contribution in [0.3, 0.4) is 0 Å². The Balaban J connectivity index is 2.04. The fourth-order valence-electron chi connectivity index (χ4n) is 3.28. The number of nitrogens with one attached hydrogen (secondary N) is 1. The first-order valence-electron chi connectivity index (χ1n) is 11.8. The second kappa shape index (κ2) is 13.9. The first kappa shape index (κ1) is 29.9. The summed E-state index contributed by atoms with van der Waals surface area (Å²) in [4.78, 5) is 36.0. The van der Waals surface area contributed by atoms with Gasteiger partial charge < -0.3 is 29.4 Å². The van der Waals surface area contributed by atoms with Crippen LogP contribution < -0.4 is 5.32 Å². The number of esters is 1. The number of hydrogen-bond donors (Lipinski definition) is 2. The Morgan fingerprint density at radius 3 is 2.27 bits per heavy atom. The predicted octanol–water partition coefficient (Wildman–Crippen LogP) is 5.26. The van der Waals surface area contributed by atoms with Gasteiger partial charge in [-0.25, -0.2) is 14.4 Å². The van der Waals surface area contributed by atoms with E-state index in [4.69, 9.17) is 25.8 Å². The smallest absolute Gasteiger partial charge is 0.444 e. The van der Waals surface area contributed by atoms with E-state index in [1.165, 1.54) is 0 Å². The lowest BCUT2D eigenvalue weighted by molar-refractivity contribution is -0.164. The predicted molar refractivity (Wildman–Crippen MR) is 138 cm³/mol. The molecule has 2 N–H and O–H groups in total. The van der Waals surface area contributed by atoms with E-state index in [-0.39, 0.29) is 6.42 Å². The van der Waals surface area contributed by atoms with Crippen LogP contribution in [-0.2, 0) is 30.2 Å². The number of rotatable bonds is 10. The molecule has 2 aromatic carbocycles. The second-order valence-corrected chi connectivity index (χ2v) is 10.1. The normalized spacial score (nSPS) is 12.9. The largest absolute Gasteiger partial charge is 0.511 e. The van der Waals surface area contributed by atoms with Crippen molar-refractivity contribution < 1.29 is 38.4 Å². The number of benzene rings is 2. The third kappa shape index (κ3) is 11.5. The molecule has 0 saturated carbocycles. The first-order chi connectivity index (χ1) is 17.3. The standard InChI is InChI=1S/C27H34ClNO8/c1-17(2)36-26(33)35-16-34-24(31)23(30)15-22(29-25(32)37-27(3,4)5)13-18-9-11-19(12-10-18)20-7-6-8-21(28)14-20/h6-12,14,17,22-23,30H,13,15-16H2,1-5H3,(H,29,32). The summed E-state index contributed by atoms with van der Waals surface area (Å²) in [7, 11) is 0. The number of carbonyl (C=O) groups excluding carboxylic acids is 3. The van der Waals surface area contributed by atoms with Crippen molar-refractivity contribution in [3.63, 3.8) is 0 Å². The van der Waals surface area contributed by atoms with Crippen LogP contribution in [0.5, 0.6) is 0 Å². The van der Waals surface area contributed by atoms with Gasteiger partial charge in [0, 0.05) is 17.5 Å². The van der Waals surface area contributed by atoms with Crippen LogP contribution in [0.15, 0.2) is 48.5 Å². The Kier molecular flexibility index (Phi) is 11.2. The van der Waals surface area contributed by atoms with E-state index >= 15 is 0 Å². The molecule has 202 valence electrons. The molecule has 0 bridgehead atoms. The third-order valence-electron chi connectivity index (χ3n) is 4.80. The summed E-state index contributed by atoms with van der Waals surface area (Å²) in [5.74, 6) is -1.01. The van der Waals surface area contributed by atoms with Gasteiger partial charge in [-0.1, -0.05) is 48.0 Å². The van der Waals surface area contributed by atoms with Crippen molar-refractivity contribution in [1.29, 1.82) is 0 Å². The van der Waals surface area contributed by atoms with Crippen LogP contribution in [0.25, 0.3) is 11.1 Å². The molecule has 0 aliphatic carbocycles. The van der Waals surface area contributed by atoms with Gasteiger partial charge in [-0.05, 0) is 69.9 Å². The molecule has 9 nitrogen and oxygen atoms in total. The Labute approximate surface area is 222 Å². The molecule has 37 heavy (non-hydrogen) atoms. The summed E-state index contributed by atoms with van der Waals surface area (Å²) < 4.78 is 19.5. The number of hydrogen-bond acceptors (Lipinski definition) is 8. The molecule has 0 heterocycles. The van der Waals surface area contributed by atoms with Gasteiger partial charge in [-0.2, -0.15) is 0 Å². The highest BCUT2D eigenvalue weighted by molar-refractivity contribution is 6.30. The Morgan fingerprint density at radius 2 is 1.68 bits per heavy atom. The molecule has 0 spiro atoms. The number of aliphatic hydroxyl groups excluding tert-OH is 1. The molecule has 2 rings (SSSR count). The van der Waals surface area contributed by atoms with Crippen molar-refractivity contribution in [2.45, 2.75) is 71.3 Å². The molecule has 2 atom stereocenters. The molecule has 0 radical (unpaired) electrons. The van der Waals surface area contributed by atoms with Gasteiger partial charge in [0.15, 0.2) is 6.10 Å². The van der Waals surface area contributed by atoms with E-state index in [1.54, 1.807) is 40.7 Å². The fourth-order valence-corrected chi connectivity index (χ4v) is 3.47. The molecule has 0 aromatic heterocycles. The van der Waals surface area contributed by atoms with Crippen LogP contribution in [0.4, 0.5) is 9.59 Å². The number of alkyl carbamates (subject to hydrolysis) is 1. The number of aliphatic hydroxyl groups is 1. The fraction of sp³-hybridized carbons (Fsp3) is 0.444. The van der Waals surface area contributed by atoms with E-state index in [2.05, 4.69) is 10.1 Å². The van der Waals surface area contributed by atoms with Crippen molar-refractivity contribution in [3.8, 4) is 11.1 Å². The van der Waals surface area contributed by atoms with Gasteiger partial charge in [-0.3, -0.25) is 0 Å². The van der Waals surface area contributed by atoms with Gasteiger partial charge in [0.2, 0.25) is 6.79 Å². The van der Waals surface area contributed by atoms with Crippen molar-refractivity contribution in [1.82, 2.24) is 5.32 Å². The summed E-state index contributed by atoms with van der Waals surface area (Å²) in [6, 6.07) is 14.4. The second-order valence-electron chi connectivity index (χ2n) is 9.65. The van der Waals surface area contributed by atoms with E-state index in [1.807, 2.05) is 42.5 Å². The summed E-state index contributed by atoms with van der Waals surface area (Å²) >= 11 is 6.09. The maximum Gasteiger partial charge on any atom is 0.511 e. The lowest BCUT2D eigenvalue weighted by atomic mass is 9.98. The average molecular weight is 536 g/mol. The van der Waals surface area contributed by atoms with Gasteiger partial charge in [-0.15, -0.1) is 0 Å². The van der Waals surface area contributed by atoms with Crippen molar-refractivity contribution in [2.75, 3.05) is 6.79 Å². The summed E-state index contributed by atoms with van der Waals surface area (Å²) in [5.41, 5.74) is 2.04. The minimum atomic E-state index is -1.59. The third-order valence-corrected chi connectivity index (χ3v) is 5.04. The molecule has 0 fully saturated rings. The zero-order valence-corrected chi connectivity index (χ0v) is 22.4. The number of halogens is 1. The monoisotopic (exact) mass is 535 g/mol. The molecular weight excluding hydrogens is 502 g/mol. The van der Waals surface area contributed by atoms with Gasteiger partial charge in [0.05, 0.1) is 6.10 Å². The minimum absolute atomic E-state index is 0.162. The molecule has 0 saturated heterocycles. The van der Waals surface area contributed by atoms with Crippen molar-refractivity contribution in [2.24, 2.45) is 0 Å². The Morgan fingerprint density at radius 1 is 1.00 bits per heavy atom.